The van der Waals surface area contributed by atoms with Gasteiger partial charge in [0.05, 0.1) is 14.2 Å². The normalized spacial score (nSPS) is 10.8. The van der Waals surface area contributed by atoms with Gasteiger partial charge in [0.1, 0.15) is 17.4 Å². The summed E-state index contributed by atoms with van der Waals surface area (Å²) in [4.78, 5) is 12.1. The van der Waals surface area contributed by atoms with Crippen LogP contribution in [0.25, 0.3) is 0 Å². The fourth-order valence-electron chi connectivity index (χ4n) is 2.18. The quantitative estimate of drug-likeness (QED) is 0.551. The van der Waals surface area contributed by atoms with E-state index in [2.05, 4.69) is 15.8 Å². The van der Waals surface area contributed by atoms with Gasteiger partial charge in [-0.15, -0.1) is 0 Å². The Morgan fingerprint density at radius 2 is 2.08 bits per heavy atom. The molecule has 26 heavy (non-hydrogen) atoms. The van der Waals surface area contributed by atoms with Crippen LogP contribution in [-0.2, 0) is 11.2 Å². The monoisotopic (exact) mass is 356 g/mol. The molecule has 0 atom stereocenters. The van der Waals surface area contributed by atoms with Crippen LogP contribution in [0.4, 0.5) is 5.82 Å². The van der Waals surface area contributed by atoms with Crippen molar-refractivity contribution in [2.45, 2.75) is 13.3 Å². The molecule has 8 heteroatoms. The number of carbonyl (C=O) groups is 1. The standard InChI is InChI=1S/C18H20N4O4/c1-12-8-17(22-26-12)21-11-14(10-19)18(23)20-7-6-13-4-5-15(24-2)16(9-13)25-3/h4-5,8-9,11H,6-7H2,1-3H3,(H,20,23)(H,21,22)/b14-11-. The van der Waals surface area contributed by atoms with Gasteiger partial charge in [-0.25, -0.2) is 0 Å². The maximum atomic E-state index is 12.1. The van der Waals surface area contributed by atoms with Gasteiger partial charge in [-0.1, -0.05) is 11.2 Å². The Morgan fingerprint density at radius 1 is 1.31 bits per heavy atom. The molecule has 2 rings (SSSR count). The number of hydrogen-bond acceptors (Lipinski definition) is 7. The van der Waals surface area contributed by atoms with Crippen LogP contribution in [0.2, 0.25) is 0 Å². The highest BCUT2D eigenvalue weighted by molar-refractivity contribution is 5.97. The van der Waals surface area contributed by atoms with Crippen LogP contribution in [0.3, 0.4) is 0 Å². The van der Waals surface area contributed by atoms with Crippen molar-refractivity contribution in [1.82, 2.24) is 10.5 Å². The number of nitrogens with zero attached hydrogens (tertiary/aromatic N) is 2. The molecule has 0 saturated carbocycles. The summed E-state index contributed by atoms with van der Waals surface area (Å²) in [6.07, 6.45) is 1.88. The zero-order valence-electron chi connectivity index (χ0n) is 14.8. The Labute approximate surface area is 151 Å². The zero-order valence-corrected chi connectivity index (χ0v) is 14.8. The molecule has 0 aliphatic heterocycles. The molecular formula is C18H20N4O4. The lowest BCUT2D eigenvalue weighted by Gasteiger charge is -2.10. The summed E-state index contributed by atoms with van der Waals surface area (Å²) >= 11 is 0. The minimum Gasteiger partial charge on any atom is -0.493 e. The van der Waals surface area contributed by atoms with Crippen molar-refractivity contribution in [2.75, 3.05) is 26.1 Å². The van der Waals surface area contributed by atoms with Crippen LogP contribution in [0, 0.1) is 18.3 Å². The summed E-state index contributed by atoms with van der Waals surface area (Å²) in [5.41, 5.74) is 0.916. The second-order valence-electron chi connectivity index (χ2n) is 5.33. The molecule has 0 saturated heterocycles. The molecule has 0 radical (unpaired) electrons. The molecule has 0 bridgehead atoms. The predicted molar refractivity (Wildman–Crippen MR) is 94.8 cm³/mol. The second kappa shape index (κ2) is 9.13. The van der Waals surface area contributed by atoms with E-state index in [1.807, 2.05) is 18.2 Å². The number of ether oxygens (including phenoxy) is 2. The SMILES string of the molecule is COc1ccc(CCNC(=O)/C(C#N)=C\Nc2cc(C)on2)cc1OC. The Balaban J connectivity index is 1.89. The summed E-state index contributed by atoms with van der Waals surface area (Å²) in [5, 5.41) is 18.3. The van der Waals surface area contributed by atoms with E-state index in [0.29, 0.717) is 36.0 Å². The fraction of sp³-hybridized carbons (Fsp3) is 0.278. The average molecular weight is 356 g/mol. The molecule has 0 unspecified atom stereocenters. The molecule has 1 amide bonds. The predicted octanol–water partition coefficient (Wildman–Crippen LogP) is 2.18. The maximum Gasteiger partial charge on any atom is 0.263 e. The minimum absolute atomic E-state index is 0.0574. The average Bonchev–Trinajstić information content (AvgIpc) is 3.07. The number of rotatable bonds is 8. The van der Waals surface area contributed by atoms with Crippen molar-refractivity contribution >= 4 is 11.7 Å². The van der Waals surface area contributed by atoms with Crippen LogP contribution >= 0.6 is 0 Å². The molecule has 8 nitrogen and oxygen atoms in total. The number of nitriles is 1. The highest BCUT2D eigenvalue weighted by Gasteiger charge is 2.10. The number of methoxy groups -OCH3 is 2. The second-order valence-corrected chi connectivity index (χ2v) is 5.33. The Hall–Kier alpha value is -3.47. The van der Waals surface area contributed by atoms with Gasteiger partial charge in [0.15, 0.2) is 17.3 Å². The third-order valence-corrected chi connectivity index (χ3v) is 3.50. The molecule has 2 aromatic rings. The number of aromatic nitrogens is 1. The van der Waals surface area contributed by atoms with E-state index in [-0.39, 0.29) is 5.57 Å². The van der Waals surface area contributed by atoms with Crippen molar-refractivity contribution in [1.29, 1.82) is 5.26 Å². The van der Waals surface area contributed by atoms with E-state index >= 15 is 0 Å². The molecular weight excluding hydrogens is 336 g/mol. The van der Waals surface area contributed by atoms with E-state index in [1.54, 1.807) is 33.3 Å². The first-order valence-corrected chi connectivity index (χ1v) is 7.86. The van der Waals surface area contributed by atoms with E-state index in [0.717, 1.165) is 5.56 Å². The van der Waals surface area contributed by atoms with Gasteiger partial charge in [-0.2, -0.15) is 5.26 Å². The van der Waals surface area contributed by atoms with Gasteiger partial charge in [-0.3, -0.25) is 4.79 Å². The zero-order chi connectivity index (χ0) is 18.9. The Bertz CT molecular complexity index is 836. The molecule has 1 aromatic heterocycles. The molecule has 0 aliphatic rings. The summed E-state index contributed by atoms with van der Waals surface area (Å²) < 4.78 is 15.3. The number of aryl methyl sites for hydroxylation is 1. The van der Waals surface area contributed by atoms with Crippen LogP contribution in [0.5, 0.6) is 11.5 Å². The molecule has 136 valence electrons. The van der Waals surface area contributed by atoms with Gasteiger partial charge in [0, 0.05) is 18.8 Å². The smallest absolute Gasteiger partial charge is 0.263 e. The van der Waals surface area contributed by atoms with Gasteiger partial charge >= 0.3 is 0 Å². The van der Waals surface area contributed by atoms with Crippen LogP contribution < -0.4 is 20.1 Å². The van der Waals surface area contributed by atoms with E-state index < -0.39 is 5.91 Å². The number of benzene rings is 1. The van der Waals surface area contributed by atoms with Crippen molar-refractivity contribution < 1.29 is 18.8 Å². The molecule has 1 heterocycles. The lowest BCUT2D eigenvalue weighted by Crippen LogP contribution is -2.27. The van der Waals surface area contributed by atoms with E-state index in [9.17, 15) is 4.79 Å². The Morgan fingerprint density at radius 3 is 2.69 bits per heavy atom. The lowest BCUT2D eigenvalue weighted by atomic mass is 10.1. The highest BCUT2D eigenvalue weighted by Crippen LogP contribution is 2.27. The van der Waals surface area contributed by atoms with Gasteiger partial charge in [-0.05, 0) is 31.0 Å². The van der Waals surface area contributed by atoms with Crippen molar-refractivity contribution in [3.05, 3.63) is 47.4 Å². The molecule has 0 aliphatic carbocycles. The maximum absolute atomic E-state index is 12.1. The summed E-state index contributed by atoms with van der Waals surface area (Å²) in [6, 6.07) is 9.05. The van der Waals surface area contributed by atoms with Crippen LogP contribution in [0.1, 0.15) is 11.3 Å². The summed E-state index contributed by atoms with van der Waals surface area (Å²) in [7, 11) is 3.14. The summed E-state index contributed by atoms with van der Waals surface area (Å²) in [5.74, 6) is 1.85. The lowest BCUT2D eigenvalue weighted by molar-refractivity contribution is -0.117. The van der Waals surface area contributed by atoms with E-state index in [1.165, 1.54) is 6.20 Å². The third kappa shape index (κ3) is 5.01. The number of anilines is 1. The third-order valence-electron chi connectivity index (χ3n) is 3.50. The molecule has 0 spiro atoms. The first-order valence-electron chi connectivity index (χ1n) is 7.86. The largest absolute Gasteiger partial charge is 0.493 e. The van der Waals surface area contributed by atoms with Gasteiger partial charge in [0.2, 0.25) is 0 Å². The Kier molecular flexibility index (Phi) is 6.62. The highest BCUT2D eigenvalue weighted by atomic mass is 16.5. The molecule has 0 fully saturated rings. The topological polar surface area (TPSA) is 109 Å². The van der Waals surface area contributed by atoms with Crippen LogP contribution in [-0.4, -0.2) is 31.8 Å². The van der Waals surface area contributed by atoms with Crippen molar-refractivity contribution in [3.8, 4) is 17.6 Å². The van der Waals surface area contributed by atoms with Crippen molar-refractivity contribution in [3.63, 3.8) is 0 Å². The number of hydrogen-bond donors (Lipinski definition) is 2. The molecule has 2 N–H and O–H groups in total. The first-order chi connectivity index (χ1) is 12.6. The minimum atomic E-state index is -0.472. The number of carbonyl (C=O) groups excluding carboxylic acids is 1. The van der Waals surface area contributed by atoms with Gasteiger partial charge in [0.25, 0.3) is 5.91 Å². The summed E-state index contributed by atoms with van der Waals surface area (Å²) in [6.45, 7) is 2.12. The fourth-order valence-corrected chi connectivity index (χ4v) is 2.18. The number of amides is 1. The van der Waals surface area contributed by atoms with Gasteiger partial charge < -0.3 is 24.6 Å². The number of nitrogens with one attached hydrogen (secondary N) is 2. The first kappa shape index (κ1) is 18.9. The molecule has 1 aromatic carbocycles. The van der Waals surface area contributed by atoms with Crippen LogP contribution in [0.15, 0.2) is 40.6 Å². The van der Waals surface area contributed by atoms with Crippen molar-refractivity contribution in [2.24, 2.45) is 0 Å². The van der Waals surface area contributed by atoms with E-state index in [4.69, 9.17) is 19.3 Å².